The van der Waals surface area contributed by atoms with Gasteiger partial charge in [0.05, 0.1) is 18.8 Å². The molecule has 0 radical (unpaired) electrons. The van der Waals surface area contributed by atoms with Gasteiger partial charge < -0.3 is 19.8 Å². The number of nitrogens with one attached hydrogen (secondary N) is 2. The molecule has 0 amide bonds. The fraction of sp³-hybridized carbons (Fsp3) is 0.273. The van der Waals surface area contributed by atoms with Gasteiger partial charge in [-0.25, -0.2) is 9.98 Å². The number of alkyl halides is 3. The van der Waals surface area contributed by atoms with Crippen LogP contribution >= 0.6 is 0 Å². The van der Waals surface area contributed by atoms with Crippen LogP contribution in [0, 0.1) is 0 Å². The number of nitrogens with zero attached hydrogens (tertiary/aromatic N) is 2. The average Bonchev–Trinajstić information content (AvgIpc) is 3.24. The maximum absolute atomic E-state index is 12.2. The Morgan fingerprint density at radius 2 is 1.81 bits per heavy atom. The lowest BCUT2D eigenvalue weighted by Crippen LogP contribution is -2.36. The molecule has 0 saturated carbocycles. The molecule has 6 nitrogen and oxygen atoms in total. The molecule has 3 rings (SSSR count). The predicted octanol–water partition coefficient (Wildman–Crippen LogP) is 4.54. The molecule has 31 heavy (non-hydrogen) atoms. The first-order chi connectivity index (χ1) is 14.9. The Hall–Kier alpha value is -3.49. The Bertz CT molecular complexity index is 970. The number of oxazole rings is 1. The molecule has 9 heteroatoms. The molecule has 0 saturated heterocycles. The quantitative estimate of drug-likeness (QED) is 0.404. The highest BCUT2D eigenvalue weighted by molar-refractivity contribution is 5.79. The zero-order valence-electron chi connectivity index (χ0n) is 16.9. The van der Waals surface area contributed by atoms with E-state index in [2.05, 4.69) is 20.6 Å². The van der Waals surface area contributed by atoms with Crippen LogP contribution in [-0.2, 0) is 13.1 Å². The van der Waals surface area contributed by atoms with Crippen LogP contribution in [0.4, 0.5) is 13.2 Å². The van der Waals surface area contributed by atoms with E-state index in [9.17, 15) is 13.2 Å². The summed E-state index contributed by atoms with van der Waals surface area (Å²) in [5.74, 6) is 1.30. The smallest absolute Gasteiger partial charge is 0.422 e. The van der Waals surface area contributed by atoms with E-state index >= 15 is 0 Å². The standard InChI is InChI=1S/C22H23F3N4O2/c1-2-26-21(27-12-16-8-10-19(11-9-16)31-15-22(23,24)25)28-13-18-14-30-20(29-18)17-6-4-3-5-7-17/h3-11,14H,2,12-13,15H2,1H3,(H2,26,27,28). The van der Waals surface area contributed by atoms with Crippen LogP contribution in [0.2, 0.25) is 0 Å². The van der Waals surface area contributed by atoms with Crippen LogP contribution in [0.25, 0.3) is 11.5 Å². The van der Waals surface area contributed by atoms with Gasteiger partial charge in [0, 0.05) is 12.1 Å². The summed E-state index contributed by atoms with van der Waals surface area (Å²) in [5.41, 5.74) is 2.47. The lowest BCUT2D eigenvalue weighted by Gasteiger charge is -2.11. The van der Waals surface area contributed by atoms with E-state index in [1.54, 1.807) is 18.4 Å². The molecule has 0 aliphatic rings. The summed E-state index contributed by atoms with van der Waals surface area (Å²) >= 11 is 0. The number of hydrogen-bond acceptors (Lipinski definition) is 4. The minimum atomic E-state index is -4.36. The first-order valence-corrected chi connectivity index (χ1v) is 9.73. The third kappa shape index (κ3) is 7.36. The molecule has 0 aliphatic heterocycles. The van der Waals surface area contributed by atoms with Crippen molar-refractivity contribution in [3.8, 4) is 17.2 Å². The van der Waals surface area contributed by atoms with E-state index in [1.807, 2.05) is 37.3 Å². The second kappa shape index (κ2) is 10.5. The maximum Gasteiger partial charge on any atom is 0.422 e. The molecule has 2 aromatic carbocycles. The van der Waals surface area contributed by atoms with Crippen LogP contribution in [0.5, 0.6) is 5.75 Å². The van der Waals surface area contributed by atoms with Gasteiger partial charge in [-0.15, -0.1) is 0 Å². The van der Waals surface area contributed by atoms with Crippen molar-refractivity contribution < 1.29 is 22.3 Å². The Balaban J connectivity index is 1.55. The topological polar surface area (TPSA) is 71.7 Å². The number of aliphatic imine (C=N–C) groups is 1. The molecule has 1 aromatic heterocycles. The van der Waals surface area contributed by atoms with Crippen LogP contribution < -0.4 is 15.4 Å². The summed E-state index contributed by atoms with van der Waals surface area (Å²) in [6.45, 7) is 2.08. The van der Waals surface area contributed by atoms with Crippen molar-refractivity contribution in [2.45, 2.75) is 26.2 Å². The molecule has 3 aromatic rings. The van der Waals surface area contributed by atoms with Gasteiger partial charge >= 0.3 is 6.18 Å². The van der Waals surface area contributed by atoms with Crippen molar-refractivity contribution in [2.24, 2.45) is 4.99 Å². The van der Waals surface area contributed by atoms with Crippen LogP contribution in [0.15, 0.2) is 70.3 Å². The van der Waals surface area contributed by atoms with Crippen LogP contribution in [-0.4, -0.2) is 30.3 Å². The highest BCUT2D eigenvalue weighted by Gasteiger charge is 2.28. The third-order valence-electron chi connectivity index (χ3n) is 4.10. The fourth-order valence-electron chi connectivity index (χ4n) is 2.64. The molecule has 0 aliphatic carbocycles. The third-order valence-corrected chi connectivity index (χ3v) is 4.10. The van der Waals surface area contributed by atoms with Crippen molar-refractivity contribution in [3.05, 3.63) is 72.1 Å². The van der Waals surface area contributed by atoms with E-state index in [0.717, 1.165) is 16.8 Å². The van der Waals surface area contributed by atoms with E-state index in [0.29, 0.717) is 31.5 Å². The van der Waals surface area contributed by atoms with Gasteiger partial charge in [-0.05, 0) is 36.8 Å². The summed E-state index contributed by atoms with van der Waals surface area (Å²) in [5, 5.41) is 6.33. The largest absolute Gasteiger partial charge is 0.484 e. The Morgan fingerprint density at radius 3 is 2.48 bits per heavy atom. The number of rotatable bonds is 8. The first-order valence-electron chi connectivity index (χ1n) is 9.73. The Kier molecular flexibility index (Phi) is 7.53. The van der Waals surface area contributed by atoms with Gasteiger partial charge in [0.1, 0.15) is 12.0 Å². The van der Waals surface area contributed by atoms with Crippen molar-refractivity contribution in [1.29, 1.82) is 0 Å². The molecule has 0 bridgehead atoms. The molecule has 0 fully saturated rings. The lowest BCUT2D eigenvalue weighted by atomic mass is 10.2. The van der Waals surface area contributed by atoms with E-state index < -0.39 is 12.8 Å². The highest BCUT2D eigenvalue weighted by atomic mass is 19.4. The fourth-order valence-corrected chi connectivity index (χ4v) is 2.64. The number of hydrogen-bond donors (Lipinski definition) is 2. The Labute approximate surface area is 178 Å². The van der Waals surface area contributed by atoms with Crippen molar-refractivity contribution >= 4 is 5.96 Å². The summed E-state index contributed by atoms with van der Waals surface area (Å²) in [4.78, 5) is 8.96. The zero-order chi connectivity index (χ0) is 22.1. The van der Waals surface area contributed by atoms with Gasteiger partial charge in [0.15, 0.2) is 12.6 Å². The molecule has 164 valence electrons. The van der Waals surface area contributed by atoms with Gasteiger partial charge in [0.25, 0.3) is 0 Å². The summed E-state index contributed by atoms with van der Waals surface area (Å²) in [6.07, 6.45) is -2.76. The number of benzene rings is 2. The van der Waals surface area contributed by atoms with Gasteiger partial charge in [0.2, 0.25) is 5.89 Å². The van der Waals surface area contributed by atoms with Crippen molar-refractivity contribution in [3.63, 3.8) is 0 Å². The van der Waals surface area contributed by atoms with Crippen molar-refractivity contribution in [1.82, 2.24) is 15.6 Å². The summed E-state index contributed by atoms with van der Waals surface area (Å²) in [6, 6.07) is 16.0. The number of ether oxygens (including phenoxy) is 1. The van der Waals surface area contributed by atoms with Gasteiger partial charge in [-0.2, -0.15) is 13.2 Å². The highest BCUT2D eigenvalue weighted by Crippen LogP contribution is 2.19. The number of halogens is 3. The van der Waals surface area contributed by atoms with Crippen LogP contribution in [0.1, 0.15) is 18.2 Å². The molecule has 0 unspecified atom stereocenters. The van der Waals surface area contributed by atoms with E-state index in [1.165, 1.54) is 12.1 Å². The molecule has 0 spiro atoms. The minimum absolute atomic E-state index is 0.162. The molecule has 1 heterocycles. The average molecular weight is 432 g/mol. The lowest BCUT2D eigenvalue weighted by molar-refractivity contribution is -0.153. The number of aromatic nitrogens is 1. The SMILES string of the molecule is CCNC(=NCc1ccc(OCC(F)(F)F)cc1)NCc1coc(-c2ccccc2)n1. The van der Waals surface area contributed by atoms with Crippen LogP contribution in [0.3, 0.4) is 0 Å². The summed E-state index contributed by atoms with van der Waals surface area (Å²) in [7, 11) is 0. The first kappa shape index (κ1) is 22.2. The monoisotopic (exact) mass is 432 g/mol. The summed E-state index contributed by atoms with van der Waals surface area (Å²) < 4.78 is 46.9. The minimum Gasteiger partial charge on any atom is -0.484 e. The van der Waals surface area contributed by atoms with E-state index in [-0.39, 0.29) is 5.75 Å². The molecular formula is C22H23F3N4O2. The Morgan fingerprint density at radius 1 is 1.06 bits per heavy atom. The molecule has 0 atom stereocenters. The predicted molar refractivity (Wildman–Crippen MR) is 112 cm³/mol. The number of guanidine groups is 1. The van der Waals surface area contributed by atoms with Crippen molar-refractivity contribution in [2.75, 3.05) is 13.2 Å². The normalized spacial score (nSPS) is 11.9. The second-order valence-electron chi connectivity index (χ2n) is 6.61. The maximum atomic E-state index is 12.2. The van der Waals surface area contributed by atoms with Gasteiger partial charge in [-0.1, -0.05) is 30.3 Å². The second-order valence-corrected chi connectivity index (χ2v) is 6.61. The zero-order valence-corrected chi connectivity index (χ0v) is 16.9. The molecule has 2 N–H and O–H groups in total. The van der Waals surface area contributed by atoms with Gasteiger partial charge in [-0.3, -0.25) is 0 Å². The van der Waals surface area contributed by atoms with E-state index in [4.69, 9.17) is 9.15 Å². The molecular weight excluding hydrogens is 409 g/mol.